The Balaban J connectivity index is 1.99. The van der Waals surface area contributed by atoms with Crippen LogP contribution in [0.25, 0.3) is 0 Å². The third-order valence-electron chi connectivity index (χ3n) is 5.47. The van der Waals surface area contributed by atoms with Crippen molar-refractivity contribution in [2.24, 2.45) is 23.7 Å². The molecule has 4 atom stereocenters. The number of hydrogen-bond donors (Lipinski definition) is 0. The molecule has 2 fully saturated rings. The molecule has 90 valence electrons. The summed E-state index contributed by atoms with van der Waals surface area (Å²) in [6.45, 7) is 8.16. The van der Waals surface area contributed by atoms with E-state index in [1.807, 2.05) is 0 Å². The minimum absolute atomic E-state index is 0.233. The van der Waals surface area contributed by atoms with Gasteiger partial charge < -0.3 is 4.74 Å². The Morgan fingerprint density at radius 3 is 2.62 bits per heavy atom. The first-order valence-electron chi connectivity index (χ1n) is 6.96. The monoisotopic (exact) mass is 220 g/mol. The van der Waals surface area contributed by atoms with Crippen molar-refractivity contribution in [1.82, 2.24) is 0 Å². The summed E-state index contributed by atoms with van der Waals surface area (Å²) in [6.07, 6.45) is 7.87. The van der Waals surface area contributed by atoms with Gasteiger partial charge in [-0.05, 0) is 37.5 Å². The normalized spacial score (nSPS) is 45.8. The van der Waals surface area contributed by atoms with E-state index in [0.29, 0.717) is 11.8 Å². The molecule has 1 heteroatoms. The predicted octanol–water partition coefficient (Wildman–Crippen LogP) is 3.79. The average molecular weight is 220 g/mol. The molecule has 1 saturated heterocycles. The van der Waals surface area contributed by atoms with Crippen molar-refractivity contribution in [2.75, 3.05) is 6.61 Å². The van der Waals surface area contributed by atoms with Gasteiger partial charge >= 0.3 is 0 Å². The van der Waals surface area contributed by atoms with Crippen LogP contribution in [0.4, 0.5) is 0 Å². The maximum Gasteiger partial charge on any atom is 0.0750 e. The molecule has 0 unspecified atom stereocenters. The number of fused-ring (bicyclic) bond motifs is 3. The van der Waals surface area contributed by atoms with Gasteiger partial charge in [-0.3, -0.25) is 0 Å². The van der Waals surface area contributed by atoms with Crippen molar-refractivity contribution < 1.29 is 4.74 Å². The smallest absolute Gasteiger partial charge is 0.0750 e. The largest absolute Gasteiger partial charge is 0.374 e. The molecular formula is C15H24O. The standard InChI is InChI=1S/C15H24O/c1-10-8-11(2)14-12(3)13(10)9-16-15(14)6-4-5-7-15/h8,10,12-14H,4-7,9H2,1-3H3/t10-,12-,13-,14+/m0/s1. The molecule has 1 spiro atoms. The molecule has 0 amide bonds. The van der Waals surface area contributed by atoms with Gasteiger partial charge in [0.05, 0.1) is 12.2 Å². The van der Waals surface area contributed by atoms with Gasteiger partial charge in [-0.25, -0.2) is 0 Å². The second kappa shape index (κ2) is 3.60. The van der Waals surface area contributed by atoms with E-state index in [1.54, 1.807) is 5.57 Å². The highest BCUT2D eigenvalue weighted by Gasteiger charge is 2.52. The van der Waals surface area contributed by atoms with Crippen molar-refractivity contribution in [1.29, 1.82) is 0 Å². The van der Waals surface area contributed by atoms with Gasteiger partial charge in [-0.1, -0.05) is 38.3 Å². The van der Waals surface area contributed by atoms with Gasteiger partial charge in [0, 0.05) is 5.92 Å². The van der Waals surface area contributed by atoms with Crippen LogP contribution in [0.15, 0.2) is 11.6 Å². The Hall–Kier alpha value is -0.300. The second-order valence-corrected chi connectivity index (χ2v) is 6.35. The number of rotatable bonds is 0. The highest BCUT2D eigenvalue weighted by atomic mass is 16.5. The molecule has 2 aliphatic carbocycles. The summed E-state index contributed by atoms with van der Waals surface area (Å²) in [4.78, 5) is 0. The molecular weight excluding hydrogens is 196 g/mol. The van der Waals surface area contributed by atoms with E-state index in [2.05, 4.69) is 26.8 Å². The van der Waals surface area contributed by atoms with E-state index in [-0.39, 0.29) is 5.60 Å². The number of allylic oxidation sites excluding steroid dienone is 1. The Morgan fingerprint density at radius 2 is 1.94 bits per heavy atom. The molecule has 0 aromatic heterocycles. The van der Waals surface area contributed by atoms with Crippen molar-refractivity contribution in [3.63, 3.8) is 0 Å². The zero-order chi connectivity index (χ0) is 11.3. The van der Waals surface area contributed by atoms with Gasteiger partial charge in [-0.2, -0.15) is 0 Å². The molecule has 0 radical (unpaired) electrons. The lowest BCUT2D eigenvalue weighted by atomic mass is 9.61. The Labute approximate surface area is 99.3 Å². The van der Waals surface area contributed by atoms with E-state index in [1.165, 1.54) is 25.7 Å². The molecule has 1 heterocycles. The van der Waals surface area contributed by atoms with Crippen molar-refractivity contribution >= 4 is 0 Å². The molecule has 1 nitrogen and oxygen atoms in total. The Morgan fingerprint density at radius 1 is 1.25 bits per heavy atom. The fourth-order valence-electron chi connectivity index (χ4n) is 4.76. The lowest BCUT2D eigenvalue weighted by Crippen LogP contribution is -2.53. The van der Waals surface area contributed by atoms with Crippen molar-refractivity contribution in [2.45, 2.75) is 52.1 Å². The first kappa shape index (κ1) is 10.8. The van der Waals surface area contributed by atoms with Crippen LogP contribution in [0.1, 0.15) is 46.5 Å². The van der Waals surface area contributed by atoms with E-state index in [9.17, 15) is 0 Å². The quantitative estimate of drug-likeness (QED) is 0.564. The molecule has 16 heavy (non-hydrogen) atoms. The third-order valence-corrected chi connectivity index (χ3v) is 5.47. The summed E-state index contributed by atoms with van der Waals surface area (Å²) in [5, 5.41) is 0. The lowest BCUT2D eigenvalue weighted by molar-refractivity contribution is -0.160. The molecule has 1 aliphatic heterocycles. The van der Waals surface area contributed by atoms with Crippen molar-refractivity contribution in [3.05, 3.63) is 11.6 Å². The lowest BCUT2D eigenvalue weighted by Gasteiger charge is -2.53. The molecule has 0 N–H and O–H groups in total. The highest BCUT2D eigenvalue weighted by Crippen LogP contribution is 2.54. The summed E-state index contributed by atoms with van der Waals surface area (Å²) in [5.74, 6) is 3.02. The molecule has 0 aromatic rings. The Kier molecular flexibility index (Phi) is 2.43. The Bertz CT molecular complexity index is 311. The second-order valence-electron chi connectivity index (χ2n) is 6.35. The first-order chi connectivity index (χ1) is 7.64. The van der Waals surface area contributed by atoms with Crippen LogP contribution < -0.4 is 0 Å². The molecule has 2 bridgehead atoms. The van der Waals surface area contributed by atoms with Crippen LogP contribution in [0, 0.1) is 23.7 Å². The minimum Gasteiger partial charge on any atom is -0.374 e. The highest BCUT2D eigenvalue weighted by molar-refractivity contribution is 5.21. The topological polar surface area (TPSA) is 9.23 Å². The van der Waals surface area contributed by atoms with Crippen LogP contribution in [0.3, 0.4) is 0 Å². The minimum atomic E-state index is 0.233. The van der Waals surface area contributed by atoms with Gasteiger partial charge in [0.25, 0.3) is 0 Å². The molecule has 0 aromatic carbocycles. The van der Waals surface area contributed by atoms with Gasteiger partial charge in [-0.15, -0.1) is 0 Å². The molecule has 3 rings (SSSR count). The van der Waals surface area contributed by atoms with Crippen LogP contribution in [0.5, 0.6) is 0 Å². The van der Waals surface area contributed by atoms with Crippen LogP contribution in [-0.2, 0) is 4.74 Å². The van der Waals surface area contributed by atoms with Crippen LogP contribution >= 0.6 is 0 Å². The maximum atomic E-state index is 6.36. The number of ether oxygens (including phenoxy) is 1. The fraction of sp³-hybridized carbons (Fsp3) is 0.867. The summed E-state index contributed by atoms with van der Waals surface area (Å²) in [7, 11) is 0. The van der Waals surface area contributed by atoms with Crippen LogP contribution in [-0.4, -0.2) is 12.2 Å². The number of hydrogen-bond acceptors (Lipinski definition) is 1. The summed E-state index contributed by atoms with van der Waals surface area (Å²) in [6, 6.07) is 0. The zero-order valence-electron chi connectivity index (χ0n) is 10.8. The third kappa shape index (κ3) is 1.33. The fourth-order valence-corrected chi connectivity index (χ4v) is 4.76. The molecule has 3 aliphatic rings. The van der Waals surface area contributed by atoms with Crippen molar-refractivity contribution in [3.8, 4) is 0 Å². The van der Waals surface area contributed by atoms with Gasteiger partial charge in [0.15, 0.2) is 0 Å². The van der Waals surface area contributed by atoms with E-state index in [4.69, 9.17) is 4.74 Å². The summed E-state index contributed by atoms with van der Waals surface area (Å²) >= 11 is 0. The molecule has 1 saturated carbocycles. The van der Waals surface area contributed by atoms with E-state index in [0.717, 1.165) is 18.4 Å². The summed E-state index contributed by atoms with van der Waals surface area (Å²) in [5.41, 5.74) is 1.84. The van der Waals surface area contributed by atoms with Gasteiger partial charge in [0.1, 0.15) is 0 Å². The predicted molar refractivity (Wildman–Crippen MR) is 66.2 cm³/mol. The maximum absolute atomic E-state index is 6.36. The van der Waals surface area contributed by atoms with Crippen LogP contribution in [0.2, 0.25) is 0 Å². The summed E-state index contributed by atoms with van der Waals surface area (Å²) < 4.78 is 6.36. The first-order valence-corrected chi connectivity index (χ1v) is 6.96. The van der Waals surface area contributed by atoms with Gasteiger partial charge in [0.2, 0.25) is 0 Å². The van der Waals surface area contributed by atoms with E-state index < -0.39 is 0 Å². The van der Waals surface area contributed by atoms with E-state index >= 15 is 0 Å². The average Bonchev–Trinajstić information content (AvgIpc) is 2.65. The SMILES string of the molecule is CC1=C[C@H](C)[C@@H]2COC3(CCCC3)[C@H]1[C@H]2C. The zero-order valence-corrected chi connectivity index (χ0v) is 10.8.